The summed E-state index contributed by atoms with van der Waals surface area (Å²) in [7, 11) is -2.96. The van der Waals surface area contributed by atoms with E-state index in [1.165, 1.54) is 6.26 Å². The van der Waals surface area contributed by atoms with Gasteiger partial charge in [0.05, 0.1) is 17.4 Å². The number of hydrogen-bond acceptors (Lipinski definition) is 4. The van der Waals surface area contributed by atoms with Crippen LogP contribution in [0.15, 0.2) is 12.1 Å². The molecule has 7 heteroatoms. The molecule has 19 heavy (non-hydrogen) atoms. The summed E-state index contributed by atoms with van der Waals surface area (Å²) in [6.45, 7) is 0.942. The Bertz CT molecular complexity index is 575. The van der Waals surface area contributed by atoms with Crippen LogP contribution in [0.4, 0.5) is 0 Å². The van der Waals surface area contributed by atoms with E-state index in [1.54, 1.807) is 12.1 Å². The Morgan fingerprint density at radius 2 is 2.16 bits per heavy atom. The number of hydrogen-bond donors (Lipinski definition) is 1. The summed E-state index contributed by atoms with van der Waals surface area (Å²) in [5.41, 5.74) is 0.886. The van der Waals surface area contributed by atoms with E-state index in [9.17, 15) is 8.42 Å². The minimum absolute atomic E-state index is 0.0155. The number of fused-ring (bicyclic) bond motifs is 1. The third kappa shape index (κ3) is 3.99. The minimum atomic E-state index is -2.96. The molecule has 1 heterocycles. The van der Waals surface area contributed by atoms with Gasteiger partial charge in [0, 0.05) is 35.8 Å². The van der Waals surface area contributed by atoms with E-state index >= 15 is 0 Å². The van der Waals surface area contributed by atoms with Crippen LogP contribution in [0.3, 0.4) is 0 Å². The molecular formula is C12H15Cl2NO3S. The first kappa shape index (κ1) is 14.9. The van der Waals surface area contributed by atoms with Crippen LogP contribution in [-0.4, -0.2) is 33.6 Å². The summed E-state index contributed by atoms with van der Waals surface area (Å²) in [5.74, 6) is 0.739. The van der Waals surface area contributed by atoms with Gasteiger partial charge in [0.2, 0.25) is 0 Å². The Morgan fingerprint density at radius 1 is 1.42 bits per heavy atom. The highest BCUT2D eigenvalue weighted by molar-refractivity contribution is 7.90. The lowest BCUT2D eigenvalue weighted by Crippen LogP contribution is -2.30. The zero-order valence-corrected chi connectivity index (χ0v) is 12.8. The van der Waals surface area contributed by atoms with Crippen molar-refractivity contribution < 1.29 is 13.2 Å². The molecule has 0 saturated heterocycles. The molecule has 0 saturated carbocycles. The van der Waals surface area contributed by atoms with Crippen molar-refractivity contribution in [3.63, 3.8) is 0 Å². The number of nitrogens with one attached hydrogen (secondary N) is 1. The molecule has 1 unspecified atom stereocenters. The van der Waals surface area contributed by atoms with Gasteiger partial charge in [0.1, 0.15) is 15.6 Å². The fraction of sp³-hybridized carbons (Fsp3) is 0.500. The molecule has 0 radical (unpaired) electrons. The maximum atomic E-state index is 11.1. The summed E-state index contributed by atoms with van der Waals surface area (Å²) in [6.07, 6.45) is 1.98. The zero-order chi connectivity index (χ0) is 14.0. The Morgan fingerprint density at radius 3 is 2.84 bits per heavy atom. The van der Waals surface area contributed by atoms with Gasteiger partial charge in [0.15, 0.2) is 0 Å². The van der Waals surface area contributed by atoms with Crippen LogP contribution in [0.2, 0.25) is 10.0 Å². The second-order valence-electron chi connectivity index (χ2n) is 4.58. The van der Waals surface area contributed by atoms with Crippen molar-refractivity contribution in [3.05, 3.63) is 27.7 Å². The molecule has 1 aromatic rings. The van der Waals surface area contributed by atoms with E-state index in [-0.39, 0.29) is 11.8 Å². The maximum Gasteiger partial charge on any atom is 0.148 e. The molecule has 0 amide bonds. The lowest BCUT2D eigenvalue weighted by molar-refractivity contribution is 0.254. The van der Waals surface area contributed by atoms with E-state index in [0.717, 1.165) is 12.0 Å². The van der Waals surface area contributed by atoms with E-state index < -0.39 is 9.84 Å². The van der Waals surface area contributed by atoms with Gasteiger partial charge in [-0.25, -0.2) is 8.42 Å². The van der Waals surface area contributed by atoms with Crippen LogP contribution in [0.25, 0.3) is 0 Å². The summed E-state index contributed by atoms with van der Waals surface area (Å²) < 4.78 is 27.8. The molecule has 0 aliphatic carbocycles. The summed E-state index contributed by atoms with van der Waals surface area (Å²) in [6, 6.07) is 3.46. The molecular weight excluding hydrogens is 309 g/mol. The van der Waals surface area contributed by atoms with Crippen molar-refractivity contribution in [2.24, 2.45) is 0 Å². The Kier molecular flexibility index (Phi) is 4.61. The largest absolute Gasteiger partial charge is 0.492 e. The van der Waals surface area contributed by atoms with Crippen molar-refractivity contribution in [2.75, 3.05) is 25.2 Å². The normalized spacial score (nSPS) is 18.8. The standard InChI is InChI=1S/C12H15Cl2NO3S/c1-19(16,17)5-3-15-11-2-4-18-12-9(11)6-8(13)7-10(12)14/h6-7,11,15H,2-5H2,1H3. The van der Waals surface area contributed by atoms with Crippen LogP contribution in [-0.2, 0) is 9.84 Å². The lowest BCUT2D eigenvalue weighted by Gasteiger charge is -2.27. The SMILES string of the molecule is CS(=O)(=O)CCNC1CCOc2c(Cl)cc(Cl)cc21. The third-order valence-corrected chi connectivity index (χ3v) is 4.37. The van der Waals surface area contributed by atoms with Gasteiger partial charge in [-0.1, -0.05) is 23.2 Å². The highest BCUT2D eigenvalue weighted by atomic mass is 35.5. The first-order valence-electron chi connectivity index (χ1n) is 5.89. The average molecular weight is 324 g/mol. The summed E-state index contributed by atoms with van der Waals surface area (Å²) in [5, 5.41) is 4.24. The second kappa shape index (κ2) is 5.87. The maximum absolute atomic E-state index is 11.1. The fourth-order valence-electron chi connectivity index (χ4n) is 2.06. The Hall–Kier alpha value is -0.490. The molecule has 0 aromatic heterocycles. The van der Waals surface area contributed by atoms with Gasteiger partial charge in [-0.2, -0.15) is 0 Å². The van der Waals surface area contributed by atoms with Gasteiger partial charge < -0.3 is 10.1 Å². The minimum Gasteiger partial charge on any atom is -0.492 e. The molecule has 106 valence electrons. The average Bonchev–Trinajstić information content (AvgIpc) is 2.28. The molecule has 1 aromatic carbocycles. The van der Waals surface area contributed by atoms with Crippen LogP contribution in [0.1, 0.15) is 18.0 Å². The van der Waals surface area contributed by atoms with Crippen molar-refractivity contribution in [2.45, 2.75) is 12.5 Å². The number of halogens is 2. The van der Waals surface area contributed by atoms with Crippen molar-refractivity contribution in [1.82, 2.24) is 5.32 Å². The Labute approximate surface area is 123 Å². The van der Waals surface area contributed by atoms with Gasteiger partial charge in [-0.05, 0) is 12.1 Å². The van der Waals surface area contributed by atoms with E-state index in [4.69, 9.17) is 27.9 Å². The van der Waals surface area contributed by atoms with E-state index in [1.807, 2.05) is 0 Å². The summed E-state index contributed by atoms with van der Waals surface area (Å²) >= 11 is 12.1. The number of ether oxygens (including phenoxy) is 1. The fourth-order valence-corrected chi connectivity index (χ4v) is 3.11. The second-order valence-corrected chi connectivity index (χ2v) is 7.68. The highest BCUT2D eigenvalue weighted by Crippen LogP contribution is 2.39. The third-order valence-electron chi connectivity index (χ3n) is 2.93. The molecule has 0 spiro atoms. The molecule has 1 N–H and O–H groups in total. The molecule has 4 nitrogen and oxygen atoms in total. The smallest absolute Gasteiger partial charge is 0.148 e. The van der Waals surface area contributed by atoms with Crippen LogP contribution in [0, 0.1) is 0 Å². The van der Waals surface area contributed by atoms with E-state index in [2.05, 4.69) is 5.32 Å². The van der Waals surface area contributed by atoms with Crippen LogP contribution >= 0.6 is 23.2 Å². The number of benzene rings is 1. The summed E-state index contributed by atoms with van der Waals surface area (Å²) in [4.78, 5) is 0. The highest BCUT2D eigenvalue weighted by Gasteiger charge is 2.24. The quantitative estimate of drug-likeness (QED) is 0.924. The van der Waals surface area contributed by atoms with Crippen molar-refractivity contribution in [1.29, 1.82) is 0 Å². The van der Waals surface area contributed by atoms with Crippen LogP contribution in [0.5, 0.6) is 5.75 Å². The number of sulfone groups is 1. The van der Waals surface area contributed by atoms with Gasteiger partial charge in [0.25, 0.3) is 0 Å². The van der Waals surface area contributed by atoms with Crippen molar-refractivity contribution in [3.8, 4) is 5.75 Å². The first-order valence-corrected chi connectivity index (χ1v) is 8.71. The lowest BCUT2D eigenvalue weighted by atomic mass is 10.0. The molecule has 2 rings (SSSR count). The monoisotopic (exact) mass is 323 g/mol. The molecule has 1 atom stereocenters. The van der Waals surface area contributed by atoms with Crippen LogP contribution < -0.4 is 10.1 Å². The van der Waals surface area contributed by atoms with Gasteiger partial charge in [-0.3, -0.25) is 0 Å². The first-order chi connectivity index (χ1) is 8.87. The van der Waals surface area contributed by atoms with E-state index in [0.29, 0.717) is 28.9 Å². The van der Waals surface area contributed by atoms with Gasteiger partial charge >= 0.3 is 0 Å². The zero-order valence-electron chi connectivity index (χ0n) is 10.4. The molecule has 1 aliphatic rings. The van der Waals surface area contributed by atoms with Crippen molar-refractivity contribution >= 4 is 33.0 Å². The molecule has 1 aliphatic heterocycles. The predicted octanol–water partition coefficient (Wildman–Crippen LogP) is 2.45. The molecule has 0 bridgehead atoms. The Balaban J connectivity index is 2.13. The topological polar surface area (TPSA) is 55.4 Å². The van der Waals surface area contributed by atoms with Gasteiger partial charge in [-0.15, -0.1) is 0 Å². The predicted molar refractivity (Wildman–Crippen MR) is 77.0 cm³/mol. The number of rotatable bonds is 4. The molecule has 0 fully saturated rings.